The van der Waals surface area contributed by atoms with Crippen LogP contribution >= 0.6 is 0 Å². The van der Waals surface area contributed by atoms with E-state index in [1.54, 1.807) is 0 Å². The van der Waals surface area contributed by atoms with Crippen LogP contribution in [-0.4, -0.2) is 9.97 Å². The van der Waals surface area contributed by atoms with Gasteiger partial charge in [-0.25, -0.2) is 9.78 Å². The predicted octanol–water partition coefficient (Wildman–Crippen LogP) is 2.36. The number of hydrogen-bond donors (Lipinski definition) is 1. The van der Waals surface area contributed by atoms with E-state index in [-0.39, 0.29) is 5.69 Å². The second kappa shape index (κ2) is 3.93. The van der Waals surface area contributed by atoms with Crippen molar-refractivity contribution in [1.82, 2.24) is 9.97 Å². The van der Waals surface area contributed by atoms with Gasteiger partial charge in [-0.3, -0.25) is 0 Å². The van der Waals surface area contributed by atoms with Gasteiger partial charge in [0.1, 0.15) is 0 Å². The average Bonchev–Trinajstić information content (AvgIpc) is 2.15. The number of nitrogens with one attached hydrogen (secondary N) is 1. The predicted molar refractivity (Wildman–Crippen MR) is 64.5 cm³/mol. The minimum absolute atomic E-state index is 0.308. The highest BCUT2D eigenvalue weighted by molar-refractivity contribution is 5.67. The van der Waals surface area contributed by atoms with Crippen LogP contribution in [0.15, 0.2) is 29.2 Å². The van der Waals surface area contributed by atoms with Crippen LogP contribution in [0.1, 0.15) is 16.7 Å². The van der Waals surface area contributed by atoms with Crippen molar-refractivity contribution >= 4 is 0 Å². The van der Waals surface area contributed by atoms with Crippen molar-refractivity contribution in [1.29, 1.82) is 0 Å². The van der Waals surface area contributed by atoms with E-state index in [2.05, 4.69) is 29.0 Å². The molecule has 1 heterocycles. The van der Waals surface area contributed by atoms with E-state index in [0.717, 1.165) is 11.3 Å². The van der Waals surface area contributed by atoms with Gasteiger partial charge in [0.25, 0.3) is 0 Å². The zero-order valence-electron chi connectivity index (χ0n) is 9.66. The van der Waals surface area contributed by atoms with E-state index in [0.29, 0.717) is 0 Å². The Morgan fingerprint density at radius 3 is 2.31 bits per heavy atom. The first-order chi connectivity index (χ1) is 7.58. The fraction of sp³-hybridized carbons (Fsp3) is 0.231. The van der Waals surface area contributed by atoms with Gasteiger partial charge in [0.15, 0.2) is 0 Å². The maximum Gasteiger partial charge on any atom is 0.345 e. The molecule has 1 N–H and O–H groups in total. The number of nitrogens with zero attached hydrogens (tertiary/aromatic N) is 1. The van der Waals surface area contributed by atoms with Gasteiger partial charge in [-0.15, -0.1) is 0 Å². The van der Waals surface area contributed by atoms with Crippen LogP contribution in [-0.2, 0) is 0 Å². The van der Waals surface area contributed by atoms with Gasteiger partial charge in [-0.1, -0.05) is 17.7 Å². The second-order valence-corrected chi connectivity index (χ2v) is 4.06. The van der Waals surface area contributed by atoms with Crippen LogP contribution in [0.2, 0.25) is 0 Å². The Morgan fingerprint density at radius 2 is 1.75 bits per heavy atom. The molecule has 3 nitrogen and oxygen atoms in total. The number of aryl methyl sites for hydroxylation is 3. The summed E-state index contributed by atoms with van der Waals surface area (Å²) in [7, 11) is 0. The summed E-state index contributed by atoms with van der Waals surface area (Å²) < 4.78 is 0. The SMILES string of the molecule is Cc1cc(C)c(-c2ccnc(=O)[nH]2)c(C)c1. The lowest BCUT2D eigenvalue weighted by Gasteiger charge is -2.10. The molecular weight excluding hydrogens is 200 g/mol. The minimum atomic E-state index is -0.308. The summed E-state index contributed by atoms with van der Waals surface area (Å²) in [5, 5.41) is 0. The van der Waals surface area contributed by atoms with Gasteiger partial charge >= 0.3 is 5.69 Å². The molecule has 1 aromatic carbocycles. The van der Waals surface area contributed by atoms with Crippen molar-refractivity contribution in [2.24, 2.45) is 0 Å². The Kier molecular flexibility index (Phi) is 2.60. The molecule has 0 saturated carbocycles. The molecule has 0 spiro atoms. The Labute approximate surface area is 94.2 Å². The van der Waals surface area contributed by atoms with Crippen molar-refractivity contribution in [3.05, 3.63) is 51.6 Å². The molecule has 16 heavy (non-hydrogen) atoms. The van der Waals surface area contributed by atoms with Gasteiger partial charge in [0.2, 0.25) is 0 Å². The summed E-state index contributed by atoms with van der Waals surface area (Å²) in [6.45, 7) is 6.17. The summed E-state index contributed by atoms with van der Waals surface area (Å²) >= 11 is 0. The van der Waals surface area contributed by atoms with E-state index in [1.807, 2.05) is 19.9 Å². The highest BCUT2D eigenvalue weighted by atomic mass is 16.1. The number of benzene rings is 1. The molecule has 2 rings (SSSR count). The first kappa shape index (κ1) is 10.6. The monoisotopic (exact) mass is 214 g/mol. The molecular formula is C13H14N2O. The van der Waals surface area contributed by atoms with Crippen LogP contribution in [0.3, 0.4) is 0 Å². The number of aromatic amines is 1. The first-order valence-electron chi connectivity index (χ1n) is 5.21. The highest BCUT2D eigenvalue weighted by Crippen LogP contribution is 2.25. The molecule has 0 bridgehead atoms. The molecule has 1 aromatic heterocycles. The summed E-state index contributed by atoms with van der Waals surface area (Å²) in [6.07, 6.45) is 1.53. The quantitative estimate of drug-likeness (QED) is 0.792. The first-order valence-corrected chi connectivity index (χ1v) is 5.21. The van der Waals surface area contributed by atoms with Gasteiger partial charge in [-0.05, 0) is 38.0 Å². The van der Waals surface area contributed by atoms with E-state index in [1.165, 1.54) is 22.9 Å². The van der Waals surface area contributed by atoms with Gasteiger partial charge in [0, 0.05) is 11.8 Å². The molecule has 82 valence electrons. The molecule has 0 atom stereocenters. The molecule has 0 saturated heterocycles. The summed E-state index contributed by atoms with van der Waals surface area (Å²) in [4.78, 5) is 17.6. The maximum absolute atomic E-state index is 11.2. The Balaban J connectivity index is 2.69. The third kappa shape index (κ3) is 1.89. The van der Waals surface area contributed by atoms with Crippen molar-refractivity contribution in [3.8, 4) is 11.3 Å². The van der Waals surface area contributed by atoms with Crippen LogP contribution in [0.5, 0.6) is 0 Å². The van der Waals surface area contributed by atoms with Crippen molar-refractivity contribution in [3.63, 3.8) is 0 Å². The third-order valence-electron chi connectivity index (χ3n) is 2.62. The lowest BCUT2D eigenvalue weighted by Crippen LogP contribution is -2.10. The number of aromatic nitrogens is 2. The Bertz CT molecular complexity index is 561. The molecule has 3 heteroatoms. The van der Waals surface area contributed by atoms with E-state index in [9.17, 15) is 4.79 Å². The normalized spacial score (nSPS) is 10.4. The smallest absolute Gasteiger partial charge is 0.305 e. The van der Waals surface area contributed by atoms with Gasteiger partial charge in [0.05, 0.1) is 5.69 Å². The fourth-order valence-corrected chi connectivity index (χ4v) is 2.12. The molecule has 2 aromatic rings. The van der Waals surface area contributed by atoms with Crippen LogP contribution in [0, 0.1) is 20.8 Å². The molecule has 0 amide bonds. The van der Waals surface area contributed by atoms with Crippen LogP contribution < -0.4 is 5.69 Å². The molecule has 0 aliphatic rings. The third-order valence-corrected chi connectivity index (χ3v) is 2.62. The molecule has 0 radical (unpaired) electrons. The molecule has 0 unspecified atom stereocenters. The topological polar surface area (TPSA) is 45.8 Å². The maximum atomic E-state index is 11.2. The highest BCUT2D eigenvalue weighted by Gasteiger charge is 2.07. The molecule has 0 aliphatic carbocycles. The standard InChI is InChI=1S/C13H14N2O/c1-8-6-9(2)12(10(3)7-8)11-4-5-14-13(16)15-11/h4-7H,1-3H3,(H,14,15,16). The number of rotatable bonds is 1. The zero-order valence-corrected chi connectivity index (χ0v) is 9.66. The number of H-pyrrole nitrogens is 1. The molecule has 0 aliphatic heterocycles. The van der Waals surface area contributed by atoms with Gasteiger partial charge in [-0.2, -0.15) is 0 Å². The average molecular weight is 214 g/mol. The Morgan fingerprint density at radius 1 is 1.12 bits per heavy atom. The summed E-state index contributed by atoms with van der Waals surface area (Å²) in [5.74, 6) is 0. The Hall–Kier alpha value is -1.90. The fourth-order valence-electron chi connectivity index (χ4n) is 2.12. The van der Waals surface area contributed by atoms with Crippen molar-refractivity contribution < 1.29 is 0 Å². The lowest BCUT2D eigenvalue weighted by molar-refractivity contribution is 1.08. The number of hydrogen-bond acceptors (Lipinski definition) is 2. The summed E-state index contributed by atoms with van der Waals surface area (Å²) in [5.41, 5.74) is 5.17. The van der Waals surface area contributed by atoms with Crippen LogP contribution in [0.25, 0.3) is 11.3 Å². The van der Waals surface area contributed by atoms with Crippen molar-refractivity contribution in [2.45, 2.75) is 20.8 Å². The molecule has 0 fully saturated rings. The van der Waals surface area contributed by atoms with E-state index >= 15 is 0 Å². The summed E-state index contributed by atoms with van der Waals surface area (Å²) in [6, 6.07) is 6.05. The van der Waals surface area contributed by atoms with Gasteiger partial charge < -0.3 is 4.98 Å². The zero-order chi connectivity index (χ0) is 11.7. The van der Waals surface area contributed by atoms with Crippen LogP contribution in [0.4, 0.5) is 0 Å². The van der Waals surface area contributed by atoms with Crippen molar-refractivity contribution in [2.75, 3.05) is 0 Å². The lowest BCUT2D eigenvalue weighted by atomic mass is 9.97. The minimum Gasteiger partial charge on any atom is -0.305 e. The van der Waals surface area contributed by atoms with E-state index in [4.69, 9.17) is 0 Å². The van der Waals surface area contributed by atoms with E-state index < -0.39 is 0 Å². The largest absolute Gasteiger partial charge is 0.345 e. The second-order valence-electron chi connectivity index (χ2n) is 4.06.